The first kappa shape index (κ1) is 21.3. The largest absolute Gasteiger partial charge is 0.491 e. The van der Waals surface area contributed by atoms with Crippen LogP contribution in [0, 0.1) is 0 Å². The zero-order valence-electron chi connectivity index (χ0n) is 17.8. The van der Waals surface area contributed by atoms with Gasteiger partial charge in [-0.2, -0.15) is 0 Å². The van der Waals surface area contributed by atoms with Crippen LogP contribution in [0.2, 0.25) is 0 Å². The Labute approximate surface area is 194 Å². The SMILES string of the molecule is O=c1c2ccccc2nc(SCC(O)COc2ccc3ccccc3c2)n1Cc1ccco1. The van der Waals surface area contributed by atoms with Crippen molar-refractivity contribution in [3.05, 3.63) is 101 Å². The maximum Gasteiger partial charge on any atom is 0.262 e. The van der Waals surface area contributed by atoms with Crippen molar-refractivity contribution in [2.75, 3.05) is 12.4 Å². The second-order valence-corrected chi connectivity index (χ2v) is 8.65. The maximum absolute atomic E-state index is 13.1. The number of fused-ring (bicyclic) bond motifs is 2. The Morgan fingerprint density at radius 3 is 2.67 bits per heavy atom. The first-order valence-corrected chi connectivity index (χ1v) is 11.6. The number of nitrogens with zero attached hydrogens (tertiary/aromatic N) is 2. The lowest BCUT2D eigenvalue weighted by Gasteiger charge is -2.15. The maximum atomic E-state index is 13.1. The van der Waals surface area contributed by atoms with E-state index in [4.69, 9.17) is 9.15 Å². The van der Waals surface area contributed by atoms with Crippen LogP contribution in [0.4, 0.5) is 0 Å². The van der Waals surface area contributed by atoms with E-state index >= 15 is 0 Å². The van der Waals surface area contributed by atoms with Crippen LogP contribution >= 0.6 is 11.8 Å². The fraction of sp³-hybridized carbons (Fsp3) is 0.154. The molecule has 0 aliphatic carbocycles. The van der Waals surface area contributed by atoms with E-state index in [0.717, 1.165) is 10.8 Å². The Kier molecular flexibility index (Phi) is 6.15. The lowest BCUT2D eigenvalue weighted by molar-refractivity contribution is 0.126. The summed E-state index contributed by atoms with van der Waals surface area (Å²) in [6, 6.07) is 24.8. The topological polar surface area (TPSA) is 77.5 Å². The number of rotatable bonds is 8. The van der Waals surface area contributed by atoms with Crippen LogP contribution < -0.4 is 10.3 Å². The Balaban J connectivity index is 1.31. The second-order valence-electron chi connectivity index (χ2n) is 7.67. The van der Waals surface area contributed by atoms with Gasteiger partial charge in [-0.05, 0) is 47.2 Å². The first-order valence-electron chi connectivity index (χ1n) is 10.6. The van der Waals surface area contributed by atoms with Crippen molar-refractivity contribution >= 4 is 33.4 Å². The molecule has 166 valence electrons. The van der Waals surface area contributed by atoms with Crippen LogP contribution in [-0.4, -0.2) is 33.1 Å². The highest BCUT2D eigenvalue weighted by Gasteiger charge is 2.15. The molecule has 0 saturated heterocycles. The molecule has 0 aliphatic heterocycles. The van der Waals surface area contributed by atoms with E-state index in [1.807, 2.05) is 66.7 Å². The van der Waals surface area contributed by atoms with Gasteiger partial charge in [0, 0.05) is 5.75 Å². The Bertz CT molecular complexity index is 1450. The molecule has 0 amide bonds. The summed E-state index contributed by atoms with van der Waals surface area (Å²) < 4.78 is 12.8. The lowest BCUT2D eigenvalue weighted by Crippen LogP contribution is -2.25. The average Bonchev–Trinajstić information content (AvgIpc) is 3.36. The Hall–Kier alpha value is -3.55. The minimum Gasteiger partial charge on any atom is -0.491 e. The average molecular weight is 459 g/mol. The van der Waals surface area contributed by atoms with Gasteiger partial charge in [0.05, 0.1) is 29.8 Å². The molecule has 2 heterocycles. The summed E-state index contributed by atoms with van der Waals surface area (Å²) in [5.74, 6) is 1.70. The van der Waals surface area contributed by atoms with Crippen molar-refractivity contribution in [2.24, 2.45) is 0 Å². The summed E-state index contributed by atoms with van der Waals surface area (Å²) in [4.78, 5) is 17.8. The second kappa shape index (κ2) is 9.52. The molecule has 0 radical (unpaired) electrons. The minimum atomic E-state index is -0.734. The molecule has 5 aromatic rings. The highest BCUT2D eigenvalue weighted by molar-refractivity contribution is 7.99. The number of aliphatic hydroxyl groups excluding tert-OH is 1. The number of para-hydroxylation sites is 1. The van der Waals surface area contributed by atoms with Crippen LogP contribution in [0.25, 0.3) is 21.7 Å². The molecule has 0 bridgehead atoms. The first-order chi connectivity index (χ1) is 16.2. The third-order valence-electron chi connectivity index (χ3n) is 5.29. The molecular weight excluding hydrogens is 436 g/mol. The molecule has 33 heavy (non-hydrogen) atoms. The Morgan fingerprint density at radius 1 is 1.00 bits per heavy atom. The highest BCUT2D eigenvalue weighted by Crippen LogP contribution is 2.22. The van der Waals surface area contributed by atoms with Gasteiger partial charge < -0.3 is 14.3 Å². The quantitative estimate of drug-likeness (QED) is 0.268. The van der Waals surface area contributed by atoms with Gasteiger partial charge in [0.25, 0.3) is 5.56 Å². The van der Waals surface area contributed by atoms with Crippen molar-refractivity contribution in [1.82, 2.24) is 9.55 Å². The molecule has 5 rings (SSSR count). The van der Waals surface area contributed by atoms with Gasteiger partial charge in [0.15, 0.2) is 5.16 Å². The van der Waals surface area contributed by atoms with E-state index in [1.165, 1.54) is 11.8 Å². The summed E-state index contributed by atoms with van der Waals surface area (Å²) in [5, 5.41) is 13.8. The molecule has 0 saturated carbocycles. The van der Waals surface area contributed by atoms with Gasteiger partial charge >= 0.3 is 0 Å². The fourth-order valence-corrected chi connectivity index (χ4v) is 4.53. The standard InChI is InChI=1S/C26H22N2O4S/c29-20(16-32-21-12-11-18-6-1-2-7-19(18)14-21)17-33-26-27-24-10-4-3-9-23(24)25(30)28(26)15-22-8-5-13-31-22/h1-14,20,29H,15-17H2. The fourth-order valence-electron chi connectivity index (χ4n) is 3.62. The molecule has 0 fully saturated rings. The van der Waals surface area contributed by atoms with Gasteiger partial charge in [-0.25, -0.2) is 4.98 Å². The van der Waals surface area contributed by atoms with Crippen LogP contribution in [0.3, 0.4) is 0 Å². The number of aromatic nitrogens is 2. The van der Waals surface area contributed by atoms with E-state index in [9.17, 15) is 9.90 Å². The van der Waals surface area contributed by atoms with Gasteiger partial charge in [-0.1, -0.05) is 54.2 Å². The van der Waals surface area contributed by atoms with Crippen molar-refractivity contribution < 1.29 is 14.3 Å². The summed E-state index contributed by atoms with van der Waals surface area (Å²) in [6.45, 7) is 0.414. The zero-order valence-corrected chi connectivity index (χ0v) is 18.6. The summed E-state index contributed by atoms with van der Waals surface area (Å²) >= 11 is 1.32. The van der Waals surface area contributed by atoms with E-state index < -0.39 is 6.10 Å². The van der Waals surface area contributed by atoms with Gasteiger partial charge in [-0.3, -0.25) is 9.36 Å². The third kappa shape index (κ3) is 4.79. The van der Waals surface area contributed by atoms with Crippen LogP contribution in [0.5, 0.6) is 5.75 Å². The van der Waals surface area contributed by atoms with Crippen molar-refractivity contribution in [3.8, 4) is 5.75 Å². The van der Waals surface area contributed by atoms with Gasteiger partial charge in [-0.15, -0.1) is 0 Å². The molecule has 0 spiro atoms. The van der Waals surface area contributed by atoms with E-state index in [-0.39, 0.29) is 18.7 Å². The number of ether oxygens (including phenoxy) is 1. The molecular formula is C26H22N2O4S. The highest BCUT2D eigenvalue weighted by atomic mass is 32.2. The van der Waals surface area contributed by atoms with Crippen LogP contribution in [0.15, 0.2) is 99.5 Å². The number of thioether (sulfide) groups is 1. The predicted octanol–water partition coefficient (Wildman–Crippen LogP) is 4.72. The lowest BCUT2D eigenvalue weighted by atomic mass is 10.1. The van der Waals surface area contributed by atoms with Crippen LogP contribution in [-0.2, 0) is 6.54 Å². The van der Waals surface area contributed by atoms with E-state index in [0.29, 0.717) is 33.3 Å². The molecule has 1 atom stereocenters. The van der Waals surface area contributed by atoms with Crippen LogP contribution in [0.1, 0.15) is 5.76 Å². The number of hydrogen-bond acceptors (Lipinski definition) is 6. The third-order valence-corrected chi connectivity index (χ3v) is 6.41. The summed E-state index contributed by atoms with van der Waals surface area (Å²) in [7, 11) is 0. The predicted molar refractivity (Wildman–Crippen MR) is 130 cm³/mol. The molecule has 2 aromatic heterocycles. The van der Waals surface area contributed by atoms with Crippen molar-refractivity contribution in [1.29, 1.82) is 0 Å². The number of benzene rings is 3. The minimum absolute atomic E-state index is 0.138. The van der Waals surface area contributed by atoms with E-state index in [1.54, 1.807) is 23.0 Å². The number of aliphatic hydroxyl groups is 1. The molecule has 6 nitrogen and oxygen atoms in total. The molecule has 7 heteroatoms. The number of furan rings is 1. The van der Waals surface area contributed by atoms with Crippen molar-refractivity contribution in [3.63, 3.8) is 0 Å². The van der Waals surface area contributed by atoms with E-state index in [2.05, 4.69) is 4.98 Å². The Morgan fingerprint density at radius 2 is 1.82 bits per heavy atom. The van der Waals surface area contributed by atoms with Crippen molar-refractivity contribution in [2.45, 2.75) is 17.8 Å². The molecule has 3 aromatic carbocycles. The zero-order chi connectivity index (χ0) is 22.6. The smallest absolute Gasteiger partial charge is 0.262 e. The molecule has 1 unspecified atom stereocenters. The molecule has 0 aliphatic rings. The normalized spacial score (nSPS) is 12.3. The number of hydrogen-bond donors (Lipinski definition) is 1. The monoisotopic (exact) mass is 458 g/mol. The summed E-state index contributed by atoms with van der Waals surface area (Å²) in [5.41, 5.74) is 0.490. The van der Waals surface area contributed by atoms with Gasteiger partial charge in [0.2, 0.25) is 0 Å². The molecule has 1 N–H and O–H groups in total. The van der Waals surface area contributed by atoms with Gasteiger partial charge in [0.1, 0.15) is 18.1 Å². The summed E-state index contributed by atoms with van der Waals surface area (Å²) in [6.07, 6.45) is 0.845.